The summed E-state index contributed by atoms with van der Waals surface area (Å²) in [6.45, 7) is 2.56. The van der Waals surface area contributed by atoms with Gasteiger partial charge in [0.1, 0.15) is 5.82 Å². The molecule has 0 fully saturated rings. The van der Waals surface area contributed by atoms with Crippen molar-refractivity contribution in [3.05, 3.63) is 74.7 Å². The van der Waals surface area contributed by atoms with E-state index < -0.39 is 0 Å². The lowest BCUT2D eigenvalue weighted by Crippen LogP contribution is -2.18. The number of anilines is 1. The number of H-pyrrole nitrogens is 1. The fourth-order valence-electron chi connectivity index (χ4n) is 2.49. The Bertz CT molecular complexity index is 949. The van der Waals surface area contributed by atoms with E-state index in [2.05, 4.69) is 31.4 Å². The predicted molar refractivity (Wildman–Crippen MR) is 104 cm³/mol. The quantitative estimate of drug-likeness (QED) is 0.611. The minimum absolute atomic E-state index is 0.134. The standard InChI is InChI=1S/C18H17BrN4OS/c1-12-9-14(7-8-15(12)19)20-17(24)10-16-21-22-18(25)23(16)11-13-5-3-2-4-6-13/h2-9H,10-11H2,1H3,(H,20,24)(H,22,25). The van der Waals surface area contributed by atoms with Crippen LogP contribution in [0.2, 0.25) is 0 Å². The summed E-state index contributed by atoms with van der Waals surface area (Å²) in [5.74, 6) is 0.477. The number of rotatable bonds is 5. The number of aromatic amines is 1. The van der Waals surface area contributed by atoms with Crippen LogP contribution in [0.3, 0.4) is 0 Å². The predicted octanol–water partition coefficient (Wildman–Crippen LogP) is 4.24. The van der Waals surface area contributed by atoms with Crippen molar-refractivity contribution in [2.24, 2.45) is 0 Å². The van der Waals surface area contributed by atoms with Crippen molar-refractivity contribution < 1.29 is 4.79 Å². The van der Waals surface area contributed by atoms with Crippen LogP contribution in [0.1, 0.15) is 17.0 Å². The second kappa shape index (κ2) is 7.76. The molecule has 1 amide bonds. The third kappa shape index (κ3) is 4.43. The van der Waals surface area contributed by atoms with Crippen molar-refractivity contribution in [1.82, 2.24) is 14.8 Å². The Hall–Kier alpha value is -2.25. The summed E-state index contributed by atoms with van der Waals surface area (Å²) in [4.78, 5) is 12.4. The Balaban J connectivity index is 1.73. The summed E-state index contributed by atoms with van der Waals surface area (Å²) in [7, 11) is 0. The molecule has 0 saturated carbocycles. The van der Waals surface area contributed by atoms with E-state index in [1.807, 2.05) is 60.0 Å². The van der Waals surface area contributed by atoms with Gasteiger partial charge in [-0.25, -0.2) is 0 Å². The summed E-state index contributed by atoms with van der Waals surface area (Å²) in [5, 5.41) is 9.87. The molecule has 3 rings (SSSR count). The van der Waals surface area contributed by atoms with E-state index in [4.69, 9.17) is 12.2 Å². The van der Waals surface area contributed by atoms with Crippen molar-refractivity contribution in [1.29, 1.82) is 0 Å². The van der Waals surface area contributed by atoms with Gasteiger partial charge >= 0.3 is 0 Å². The number of carbonyl (C=O) groups is 1. The van der Waals surface area contributed by atoms with Crippen LogP contribution >= 0.6 is 28.1 Å². The minimum atomic E-state index is -0.134. The highest BCUT2D eigenvalue weighted by atomic mass is 79.9. The van der Waals surface area contributed by atoms with Crippen molar-refractivity contribution in [2.45, 2.75) is 19.9 Å². The number of aromatic nitrogens is 3. The molecular weight excluding hydrogens is 400 g/mol. The molecule has 2 N–H and O–H groups in total. The van der Waals surface area contributed by atoms with E-state index in [9.17, 15) is 4.79 Å². The van der Waals surface area contributed by atoms with E-state index in [-0.39, 0.29) is 12.3 Å². The molecule has 0 saturated heterocycles. The van der Waals surface area contributed by atoms with Crippen LogP contribution < -0.4 is 5.32 Å². The third-order valence-electron chi connectivity index (χ3n) is 3.78. The molecule has 0 atom stereocenters. The van der Waals surface area contributed by atoms with Gasteiger partial charge in [0.2, 0.25) is 5.91 Å². The summed E-state index contributed by atoms with van der Waals surface area (Å²) >= 11 is 8.75. The summed E-state index contributed by atoms with van der Waals surface area (Å²) < 4.78 is 3.36. The number of hydrogen-bond acceptors (Lipinski definition) is 3. The molecule has 25 heavy (non-hydrogen) atoms. The van der Waals surface area contributed by atoms with Gasteiger partial charge in [-0.15, -0.1) is 0 Å². The Morgan fingerprint density at radius 1 is 1.28 bits per heavy atom. The number of amides is 1. The van der Waals surface area contributed by atoms with Crippen LogP contribution in [0, 0.1) is 11.7 Å². The Kier molecular flexibility index (Phi) is 5.45. The van der Waals surface area contributed by atoms with Gasteiger partial charge in [0.25, 0.3) is 0 Å². The van der Waals surface area contributed by atoms with Gasteiger partial charge in [0.05, 0.1) is 13.0 Å². The fraction of sp³-hybridized carbons (Fsp3) is 0.167. The highest BCUT2D eigenvalue weighted by Gasteiger charge is 2.12. The number of carbonyl (C=O) groups excluding carboxylic acids is 1. The molecule has 0 bridgehead atoms. The molecule has 5 nitrogen and oxygen atoms in total. The monoisotopic (exact) mass is 416 g/mol. The summed E-state index contributed by atoms with van der Waals surface area (Å²) in [5.41, 5.74) is 2.92. The van der Waals surface area contributed by atoms with E-state index in [0.717, 1.165) is 21.3 Å². The van der Waals surface area contributed by atoms with Crippen LogP contribution in [0.25, 0.3) is 0 Å². The molecule has 128 valence electrons. The summed E-state index contributed by atoms with van der Waals surface area (Å²) in [6, 6.07) is 15.6. The molecular formula is C18H17BrN4OS. The highest BCUT2D eigenvalue weighted by Crippen LogP contribution is 2.20. The molecule has 2 aromatic carbocycles. The average Bonchev–Trinajstić information content (AvgIpc) is 2.92. The lowest BCUT2D eigenvalue weighted by molar-refractivity contribution is -0.115. The number of benzene rings is 2. The minimum Gasteiger partial charge on any atom is -0.326 e. The molecule has 0 aliphatic carbocycles. The number of halogens is 1. The smallest absolute Gasteiger partial charge is 0.232 e. The molecule has 1 heterocycles. The molecule has 1 aromatic heterocycles. The maximum Gasteiger partial charge on any atom is 0.232 e. The molecule has 3 aromatic rings. The van der Waals surface area contributed by atoms with Crippen LogP contribution in [-0.4, -0.2) is 20.7 Å². The molecule has 0 aliphatic heterocycles. The number of hydrogen-bond donors (Lipinski definition) is 2. The van der Waals surface area contributed by atoms with Crippen LogP contribution in [0.15, 0.2) is 53.0 Å². The van der Waals surface area contributed by atoms with Gasteiger partial charge in [-0.05, 0) is 48.5 Å². The van der Waals surface area contributed by atoms with Gasteiger partial charge in [0, 0.05) is 10.2 Å². The van der Waals surface area contributed by atoms with Crippen molar-refractivity contribution >= 4 is 39.7 Å². The van der Waals surface area contributed by atoms with E-state index in [1.165, 1.54) is 0 Å². The second-order valence-corrected chi connectivity index (χ2v) is 6.95. The Labute approximate surface area is 159 Å². The number of nitrogens with one attached hydrogen (secondary N) is 2. The molecule has 7 heteroatoms. The van der Waals surface area contributed by atoms with Gasteiger partial charge in [-0.3, -0.25) is 14.5 Å². The molecule has 0 radical (unpaired) electrons. The lowest BCUT2D eigenvalue weighted by atomic mass is 10.2. The maximum absolute atomic E-state index is 12.4. The highest BCUT2D eigenvalue weighted by molar-refractivity contribution is 9.10. The van der Waals surface area contributed by atoms with Gasteiger partial charge in [-0.1, -0.05) is 46.3 Å². The first-order valence-electron chi connectivity index (χ1n) is 7.77. The van der Waals surface area contributed by atoms with Crippen LogP contribution in [0.4, 0.5) is 5.69 Å². The maximum atomic E-state index is 12.4. The lowest BCUT2D eigenvalue weighted by Gasteiger charge is -2.09. The second-order valence-electron chi connectivity index (χ2n) is 5.71. The Morgan fingerprint density at radius 2 is 2.04 bits per heavy atom. The first kappa shape index (κ1) is 17.6. The zero-order valence-corrected chi connectivity index (χ0v) is 16.0. The topological polar surface area (TPSA) is 62.7 Å². The van der Waals surface area contributed by atoms with E-state index >= 15 is 0 Å². The SMILES string of the molecule is Cc1cc(NC(=O)Cc2n[nH]c(=S)n2Cc2ccccc2)ccc1Br. The van der Waals surface area contributed by atoms with Crippen LogP contribution in [-0.2, 0) is 17.8 Å². The number of nitrogens with zero attached hydrogens (tertiary/aromatic N) is 2. The van der Waals surface area contributed by atoms with E-state index in [0.29, 0.717) is 17.1 Å². The third-order valence-corrected chi connectivity index (χ3v) is 4.98. The Morgan fingerprint density at radius 3 is 2.76 bits per heavy atom. The normalized spacial score (nSPS) is 10.6. The fourth-order valence-corrected chi connectivity index (χ4v) is 2.95. The van der Waals surface area contributed by atoms with Gasteiger partial charge < -0.3 is 5.32 Å². The average molecular weight is 417 g/mol. The van der Waals surface area contributed by atoms with Gasteiger partial charge in [-0.2, -0.15) is 5.10 Å². The molecule has 0 unspecified atom stereocenters. The molecule has 0 spiro atoms. The number of aryl methyl sites for hydroxylation is 1. The molecule has 0 aliphatic rings. The zero-order chi connectivity index (χ0) is 17.8. The summed E-state index contributed by atoms with van der Waals surface area (Å²) in [6.07, 6.45) is 0.148. The van der Waals surface area contributed by atoms with Crippen LogP contribution in [0.5, 0.6) is 0 Å². The van der Waals surface area contributed by atoms with Crippen molar-refractivity contribution in [3.63, 3.8) is 0 Å². The first-order valence-corrected chi connectivity index (χ1v) is 8.97. The largest absolute Gasteiger partial charge is 0.326 e. The van der Waals surface area contributed by atoms with Crippen molar-refractivity contribution in [3.8, 4) is 0 Å². The van der Waals surface area contributed by atoms with Crippen molar-refractivity contribution in [2.75, 3.05) is 5.32 Å². The zero-order valence-electron chi connectivity index (χ0n) is 13.6. The van der Waals surface area contributed by atoms with E-state index in [1.54, 1.807) is 0 Å². The van der Waals surface area contributed by atoms with Gasteiger partial charge in [0.15, 0.2) is 4.77 Å². The first-order chi connectivity index (χ1) is 12.0.